The molecular formula is C26H27F2N3O4. The van der Waals surface area contributed by atoms with E-state index in [0.717, 1.165) is 17.7 Å². The molecule has 0 saturated carbocycles. The molecule has 35 heavy (non-hydrogen) atoms. The van der Waals surface area contributed by atoms with Crippen LogP contribution in [0.1, 0.15) is 32.7 Å². The van der Waals surface area contributed by atoms with Crippen LogP contribution in [-0.2, 0) is 6.54 Å². The van der Waals surface area contributed by atoms with Crippen LogP contribution in [0.3, 0.4) is 0 Å². The first-order valence-electron chi connectivity index (χ1n) is 10.9. The van der Waals surface area contributed by atoms with Crippen molar-refractivity contribution in [3.8, 4) is 11.5 Å². The van der Waals surface area contributed by atoms with Gasteiger partial charge in [0.2, 0.25) is 0 Å². The lowest BCUT2D eigenvalue weighted by atomic mass is 10.1. The Morgan fingerprint density at radius 1 is 0.914 bits per heavy atom. The van der Waals surface area contributed by atoms with E-state index in [1.807, 2.05) is 0 Å². The van der Waals surface area contributed by atoms with E-state index in [0.29, 0.717) is 48.3 Å². The summed E-state index contributed by atoms with van der Waals surface area (Å²) in [4.78, 5) is 27.2. The first kappa shape index (κ1) is 25.6. The van der Waals surface area contributed by atoms with Crippen LogP contribution < -0.4 is 20.5 Å². The normalized spacial score (nSPS) is 10.5. The van der Waals surface area contributed by atoms with Gasteiger partial charge in [-0.25, -0.2) is 8.78 Å². The Bertz CT molecular complexity index is 1180. The van der Waals surface area contributed by atoms with Gasteiger partial charge in [-0.1, -0.05) is 12.1 Å². The largest absolute Gasteiger partial charge is 0.493 e. The van der Waals surface area contributed by atoms with Crippen molar-refractivity contribution in [3.63, 3.8) is 0 Å². The van der Waals surface area contributed by atoms with Crippen LogP contribution in [0.2, 0.25) is 0 Å². The van der Waals surface area contributed by atoms with Crippen LogP contribution >= 0.6 is 0 Å². The molecule has 0 aromatic heterocycles. The first-order valence-corrected chi connectivity index (χ1v) is 10.9. The molecule has 0 fully saturated rings. The Balaban J connectivity index is 1.78. The summed E-state index contributed by atoms with van der Waals surface area (Å²) in [5, 5.41) is 2.82. The maximum atomic E-state index is 13.6. The molecular weight excluding hydrogens is 456 g/mol. The zero-order valence-electron chi connectivity index (χ0n) is 19.5. The second kappa shape index (κ2) is 11.9. The Hall–Kier alpha value is -3.98. The van der Waals surface area contributed by atoms with E-state index in [9.17, 15) is 18.4 Å². The molecule has 0 atom stereocenters. The van der Waals surface area contributed by atoms with Gasteiger partial charge in [0, 0.05) is 36.0 Å². The van der Waals surface area contributed by atoms with Crippen molar-refractivity contribution in [1.29, 1.82) is 0 Å². The predicted octanol–water partition coefficient (Wildman–Crippen LogP) is 4.23. The van der Waals surface area contributed by atoms with E-state index in [4.69, 9.17) is 15.2 Å². The molecule has 3 N–H and O–H groups in total. The molecule has 0 aliphatic heterocycles. The minimum atomic E-state index is -0.827. The van der Waals surface area contributed by atoms with Crippen LogP contribution in [0.15, 0.2) is 60.7 Å². The minimum Gasteiger partial charge on any atom is -0.493 e. The summed E-state index contributed by atoms with van der Waals surface area (Å²) >= 11 is 0. The van der Waals surface area contributed by atoms with Gasteiger partial charge in [0.25, 0.3) is 11.8 Å². The monoisotopic (exact) mass is 483 g/mol. The fourth-order valence-corrected chi connectivity index (χ4v) is 3.54. The van der Waals surface area contributed by atoms with Gasteiger partial charge < -0.3 is 25.4 Å². The maximum absolute atomic E-state index is 13.6. The smallest absolute Gasteiger partial charge is 0.255 e. The molecule has 0 aliphatic carbocycles. The zero-order valence-corrected chi connectivity index (χ0v) is 19.5. The number of nitrogens with zero attached hydrogens (tertiary/aromatic N) is 1. The number of nitrogens with one attached hydrogen (secondary N) is 1. The molecule has 0 heterocycles. The van der Waals surface area contributed by atoms with Crippen molar-refractivity contribution < 1.29 is 27.8 Å². The van der Waals surface area contributed by atoms with E-state index in [-0.39, 0.29) is 18.0 Å². The van der Waals surface area contributed by atoms with Gasteiger partial charge in [-0.15, -0.1) is 0 Å². The van der Waals surface area contributed by atoms with Gasteiger partial charge >= 0.3 is 0 Å². The number of ether oxygens (including phenoxy) is 2. The molecule has 3 rings (SSSR count). The highest BCUT2D eigenvalue weighted by atomic mass is 19.1. The summed E-state index contributed by atoms with van der Waals surface area (Å²) < 4.78 is 37.7. The Morgan fingerprint density at radius 2 is 1.63 bits per heavy atom. The van der Waals surface area contributed by atoms with Gasteiger partial charge in [0.1, 0.15) is 11.6 Å². The molecule has 0 bridgehead atoms. The second-order valence-electron chi connectivity index (χ2n) is 7.75. The van der Waals surface area contributed by atoms with Crippen LogP contribution in [0.5, 0.6) is 11.5 Å². The topological polar surface area (TPSA) is 93.9 Å². The molecule has 0 radical (unpaired) electrons. The lowest BCUT2D eigenvalue weighted by Gasteiger charge is -2.23. The van der Waals surface area contributed by atoms with Crippen molar-refractivity contribution in [2.45, 2.75) is 13.0 Å². The predicted molar refractivity (Wildman–Crippen MR) is 129 cm³/mol. The van der Waals surface area contributed by atoms with Gasteiger partial charge in [-0.3, -0.25) is 9.59 Å². The summed E-state index contributed by atoms with van der Waals surface area (Å²) in [6.07, 6.45) is 0.513. The number of hydrogen-bond donors (Lipinski definition) is 2. The average Bonchev–Trinajstić information content (AvgIpc) is 2.85. The van der Waals surface area contributed by atoms with Crippen molar-refractivity contribution >= 4 is 17.5 Å². The van der Waals surface area contributed by atoms with Crippen LogP contribution in [0, 0.1) is 11.6 Å². The molecule has 3 aromatic rings. The summed E-state index contributed by atoms with van der Waals surface area (Å²) in [5.74, 6) is -1.59. The molecule has 0 unspecified atom stereocenters. The van der Waals surface area contributed by atoms with E-state index in [1.54, 1.807) is 42.5 Å². The van der Waals surface area contributed by atoms with Crippen LogP contribution in [0.25, 0.3) is 0 Å². The SMILES string of the molecule is COc1ccc(C(=O)Nc2cccc(CN(CCCN)C(=O)c3cc(F)cc(F)c3)c2)cc1OC. The van der Waals surface area contributed by atoms with Gasteiger partial charge in [-0.05, 0) is 61.0 Å². The number of halogens is 2. The summed E-state index contributed by atoms with van der Waals surface area (Å²) in [6, 6.07) is 14.5. The molecule has 184 valence electrons. The van der Waals surface area contributed by atoms with Crippen molar-refractivity contribution in [2.75, 3.05) is 32.6 Å². The van der Waals surface area contributed by atoms with Crippen molar-refractivity contribution in [1.82, 2.24) is 4.90 Å². The van der Waals surface area contributed by atoms with Gasteiger partial charge in [-0.2, -0.15) is 0 Å². The lowest BCUT2D eigenvalue weighted by Crippen LogP contribution is -2.32. The van der Waals surface area contributed by atoms with Gasteiger partial charge in [0.05, 0.1) is 14.2 Å². The minimum absolute atomic E-state index is 0.0857. The van der Waals surface area contributed by atoms with Gasteiger partial charge in [0.15, 0.2) is 11.5 Å². The van der Waals surface area contributed by atoms with E-state index in [2.05, 4.69) is 5.32 Å². The van der Waals surface area contributed by atoms with E-state index < -0.39 is 17.5 Å². The Labute approximate surface area is 202 Å². The highest BCUT2D eigenvalue weighted by Gasteiger charge is 2.18. The third-order valence-electron chi connectivity index (χ3n) is 5.23. The van der Waals surface area contributed by atoms with Crippen LogP contribution in [-0.4, -0.2) is 44.0 Å². The van der Waals surface area contributed by atoms with E-state index in [1.165, 1.54) is 19.1 Å². The number of anilines is 1. The van der Waals surface area contributed by atoms with E-state index >= 15 is 0 Å². The number of benzene rings is 3. The summed E-state index contributed by atoms with van der Waals surface area (Å²) in [5.41, 5.74) is 7.14. The van der Waals surface area contributed by atoms with Crippen molar-refractivity contribution in [3.05, 3.63) is 89.0 Å². The number of carbonyl (C=O) groups is 2. The number of carbonyl (C=O) groups excluding carboxylic acids is 2. The highest BCUT2D eigenvalue weighted by molar-refractivity contribution is 6.04. The number of amides is 2. The quantitative estimate of drug-likeness (QED) is 0.450. The number of nitrogens with two attached hydrogens (primary N) is 1. The first-order chi connectivity index (χ1) is 16.8. The molecule has 7 nitrogen and oxygen atoms in total. The molecule has 3 aromatic carbocycles. The number of methoxy groups -OCH3 is 2. The molecule has 9 heteroatoms. The number of rotatable bonds is 10. The fourth-order valence-electron chi connectivity index (χ4n) is 3.54. The standard InChI is InChI=1S/C26H27F2N3O4/c1-34-23-8-7-18(14-24(23)35-2)25(32)30-22-6-3-5-17(11-22)16-31(10-4-9-29)26(33)19-12-20(27)15-21(28)13-19/h3,5-8,11-15H,4,9-10,16,29H2,1-2H3,(H,30,32). The molecule has 0 aliphatic rings. The highest BCUT2D eigenvalue weighted by Crippen LogP contribution is 2.28. The summed E-state index contributed by atoms with van der Waals surface area (Å²) in [6.45, 7) is 0.815. The third kappa shape index (κ3) is 6.77. The van der Waals surface area contributed by atoms with Crippen LogP contribution in [0.4, 0.5) is 14.5 Å². The Kier molecular flexibility index (Phi) is 8.74. The fraction of sp³-hybridized carbons (Fsp3) is 0.231. The Morgan fingerprint density at radius 3 is 2.29 bits per heavy atom. The maximum Gasteiger partial charge on any atom is 0.255 e. The molecule has 2 amide bonds. The number of hydrogen-bond acceptors (Lipinski definition) is 5. The van der Waals surface area contributed by atoms with Crippen molar-refractivity contribution in [2.24, 2.45) is 5.73 Å². The third-order valence-corrected chi connectivity index (χ3v) is 5.23. The lowest BCUT2D eigenvalue weighted by molar-refractivity contribution is 0.0741. The molecule has 0 spiro atoms. The summed E-state index contributed by atoms with van der Waals surface area (Å²) in [7, 11) is 2.99. The average molecular weight is 484 g/mol. The zero-order chi connectivity index (χ0) is 25.4. The second-order valence-corrected chi connectivity index (χ2v) is 7.75. The molecule has 0 saturated heterocycles.